The molecule has 4 nitrogen and oxygen atoms in total. The number of nitrogens with zero attached hydrogens (tertiary/aromatic N) is 2. The molecule has 0 spiro atoms. The molecule has 1 aliphatic carbocycles. The molecule has 0 saturated heterocycles. The van der Waals surface area contributed by atoms with E-state index in [-0.39, 0.29) is 0 Å². The van der Waals surface area contributed by atoms with E-state index in [0.717, 1.165) is 29.6 Å². The highest BCUT2D eigenvalue weighted by Crippen LogP contribution is 2.30. The zero-order valence-corrected chi connectivity index (χ0v) is 12.4. The number of halogens is 3. The molecule has 0 aromatic carbocycles. The van der Waals surface area contributed by atoms with Gasteiger partial charge in [-0.3, -0.25) is 4.99 Å². The number of aromatic nitrogens is 1. The summed E-state index contributed by atoms with van der Waals surface area (Å²) < 4.78 is 37.2. The summed E-state index contributed by atoms with van der Waals surface area (Å²) in [6.07, 6.45) is 1.85. The summed E-state index contributed by atoms with van der Waals surface area (Å²) in [5.41, 5.74) is 4.95. The van der Waals surface area contributed by atoms with Crippen molar-refractivity contribution in [2.24, 2.45) is 10.7 Å². The maximum absolute atomic E-state index is 12.4. The van der Waals surface area contributed by atoms with Gasteiger partial charge in [-0.15, -0.1) is 11.3 Å². The van der Waals surface area contributed by atoms with E-state index in [0.29, 0.717) is 30.0 Å². The van der Waals surface area contributed by atoms with Crippen LogP contribution in [0.3, 0.4) is 0 Å². The van der Waals surface area contributed by atoms with Crippen molar-refractivity contribution in [2.75, 3.05) is 6.54 Å². The summed E-state index contributed by atoms with van der Waals surface area (Å²) in [7, 11) is 0. The molecule has 0 amide bonds. The lowest BCUT2D eigenvalue weighted by Crippen LogP contribution is -2.41. The van der Waals surface area contributed by atoms with Crippen LogP contribution in [0.2, 0.25) is 0 Å². The maximum atomic E-state index is 12.4. The minimum Gasteiger partial charge on any atom is -0.370 e. The number of nitrogens with one attached hydrogen (secondary N) is 1. The van der Waals surface area contributed by atoms with Crippen LogP contribution < -0.4 is 11.1 Å². The third kappa shape index (κ3) is 5.18. The molecule has 1 aromatic heterocycles. The van der Waals surface area contributed by atoms with Crippen molar-refractivity contribution >= 4 is 17.3 Å². The molecule has 0 aliphatic heterocycles. The van der Waals surface area contributed by atoms with E-state index in [1.54, 1.807) is 0 Å². The van der Waals surface area contributed by atoms with Gasteiger partial charge in [0.1, 0.15) is 0 Å². The van der Waals surface area contributed by atoms with Gasteiger partial charge in [0.2, 0.25) is 0 Å². The van der Waals surface area contributed by atoms with E-state index < -0.39 is 11.9 Å². The quantitative estimate of drug-likeness (QED) is 0.662. The Bertz CT molecular complexity index is 478. The SMILES string of the molecule is NC(=NCCc1nc(C(F)(F)F)cs1)NC1CCCCC1. The zero-order valence-electron chi connectivity index (χ0n) is 11.6. The van der Waals surface area contributed by atoms with Crippen LogP contribution in [0.1, 0.15) is 42.8 Å². The predicted molar refractivity (Wildman–Crippen MR) is 77.3 cm³/mol. The molecule has 3 N–H and O–H groups in total. The van der Waals surface area contributed by atoms with Crippen LogP contribution >= 0.6 is 11.3 Å². The predicted octanol–water partition coefficient (Wildman–Crippen LogP) is 2.94. The first-order valence-electron chi connectivity index (χ1n) is 7.03. The van der Waals surface area contributed by atoms with Crippen LogP contribution in [0.15, 0.2) is 10.4 Å². The normalized spacial score (nSPS) is 18.0. The van der Waals surface area contributed by atoms with Crippen molar-refractivity contribution in [3.8, 4) is 0 Å². The Morgan fingerprint density at radius 3 is 2.71 bits per heavy atom. The van der Waals surface area contributed by atoms with Crippen molar-refractivity contribution in [1.82, 2.24) is 10.3 Å². The van der Waals surface area contributed by atoms with Crippen LogP contribution in [-0.2, 0) is 12.6 Å². The fourth-order valence-corrected chi connectivity index (χ4v) is 3.12. The Morgan fingerprint density at radius 2 is 2.10 bits per heavy atom. The van der Waals surface area contributed by atoms with Crippen molar-refractivity contribution in [3.63, 3.8) is 0 Å². The topological polar surface area (TPSA) is 63.3 Å². The molecule has 118 valence electrons. The van der Waals surface area contributed by atoms with Gasteiger partial charge in [0.05, 0.1) is 5.01 Å². The molecule has 0 bridgehead atoms. The fraction of sp³-hybridized carbons (Fsp3) is 0.692. The van der Waals surface area contributed by atoms with E-state index in [1.165, 1.54) is 19.3 Å². The number of aliphatic imine (C=N–C) groups is 1. The fourth-order valence-electron chi connectivity index (χ4n) is 2.33. The first kappa shape index (κ1) is 16.1. The average Bonchev–Trinajstić information content (AvgIpc) is 2.88. The molecule has 1 fully saturated rings. The summed E-state index contributed by atoms with van der Waals surface area (Å²) in [4.78, 5) is 7.71. The first-order valence-corrected chi connectivity index (χ1v) is 7.91. The first-order chi connectivity index (χ1) is 9.95. The highest BCUT2D eigenvalue weighted by molar-refractivity contribution is 7.09. The van der Waals surface area contributed by atoms with E-state index in [4.69, 9.17) is 5.73 Å². The summed E-state index contributed by atoms with van der Waals surface area (Å²) in [5.74, 6) is 0.370. The van der Waals surface area contributed by atoms with Crippen molar-refractivity contribution in [1.29, 1.82) is 0 Å². The summed E-state index contributed by atoms with van der Waals surface area (Å²) in [6, 6.07) is 0.374. The van der Waals surface area contributed by atoms with Gasteiger partial charge in [-0.25, -0.2) is 4.98 Å². The van der Waals surface area contributed by atoms with Crippen LogP contribution in [0.5, 0.6) is 0 Å². The number of thiazole rings is 1. The second kappa shape index (κ2) is 7.11. The third-order valence-electron chi connectivity index (χ3n) is 3.41. The Hall–Kier alpha value is -1.31. The smallest absolute Gasteiger partial charge is 0.370 e. The van der Waals surface area contributed by atoms with Gasteiger partial charge in [-0.2, -0.15) is 13.2 Å². The Labute approximate surface area is 125 Å². The lowest BCUT2D eigenvalue weighted by Gasteiger charge is -2.23. The molecule has 0 radical (unpaired) electrons. The second-order valence-electron chi connectivity index (χ2n) is 5.12. The minimum atomic E-state index is -4.38. The highest BCUT2D eigenvalue weighted by atomic mass is 32.1. The summed E-state index contributed by atoms with van der Waals surface area (Å²) >= 11 is 1.00. The lowest BCUT2D eigenvalue weighted by atomic mass is 9.96. The highest BCUT2D eigenvalue weighted by Gasteiger charge is 2.33. The standard InChI is InChI=1S/C13H19F3N4S/c14-13(15,16)10-8-21-11(20-10)6-7-18-12(17)19-9-4-2-1-3-5-9/h8-9H,1-7H2,(H3,17,18,19). The molecule has 21 heavy (non-hydrogen) atoms. The molecule has 1 saturated carbocycles. The molecule has 8 heteroatoms. The van der Waals surface area contributed by atoms with Crippen molar-refractivity contribution in [3.05, 3.63) is 16.1 Å². The number of hydrogen-bond donors (Lipinski definition) is 2. The minimum absolute atomic E-state index is 0.344. The zero-order chi connectivity index (χ0) is 15.3. The van der Waals surface area contributed by atoms with Gasteiger partial charge in [0.15, 0.2) is 11.7 Å². The van der Waals surface area contributed by atoms with Crippen LogP contribution in [0, 0.1) is 0 Å². The molecule has 1 aromatic rings. The molecule has 1 aliphatic rings. The number of hydrogen-bond acceptors (Lipinski definition) is 3. The monoisotopic (exact) mass is 320 g/mol. The number of guanidine groups is 1. The van der Waals surface area contributed by atoms with Gasteiger partial charge in [-0.1, -0.05) is 19.3 Å². The van der Waals surface area contributed by atoms with E-state index >= 15 is 0 Å². The molecular formula is C13H19F3N4S. The average molecular weight is 320 g/mol. The van der Waals surface area contributed by atoms with Crippen molar-refractivity contribution in [2.45, 2.75) is 50.7 Å². The van der Waals surface area contributed by atoms with Crippen LogP contribution in [-0.4, -0.2) is 23.5 Å². The number of nitrogens with two attached hydrogens (primary N) is 1. The second-order valence-corrected chi connectivity index (χ2v) is 6.06. The Morgan fingerprint density at radius 1 is 1.38 bits per heavy atom. The third-order valence-corrected chi connectivity index (χ3v) is 4.32. The van der Waals surface area contributed by atoms with Gasteiger partial charge in [0, 0.05) is 24.4 Å². The van der Waals surface area contributed by atoms with E-state index in [2.05, 4.69) is 15.3 Å². The Balaban J connectivity index is 1.77. The molecule has 0 unspecified atom stereocenters. The van der Waals surface area contributed by atoms with E-state index in [9.17, 15) is 13.2 Å². The molecule has 0 atom stereocenters. The summed E-state index contributed by atoms with van der Waals surface area (Å²) in [6.45, 7) is 0.344. The van der Waals surface area contributed by atoms with Gasteiger partial charge < -0.3 is 11.1 Å². The summed E-state index contributed by atoms with van der Waals surface area (Å²) in [5, 5.41) is 4.62. The van der Waals surface area contributed by atoms with Gasteiger partial charge >= 0.3 is 6.18 Å². The largest absolute Gasteiger partial charge is 0.434 e. The van der Waals surface area contributed by atoms with Crippen molar-refractivity contribution < 1.29 is 13.2 Å². The van der Waals surface area contributed by atoms with Gasteiger partial charge in [0.25, 0.3) is 0 Å². The molecule has 1 heterocycles. The van der Waals surface area contributed by atoms with Crippen LogP contribution in [0.4, 0.5) is 13.2 Å². The molecule has 2 rings (SSSR count). The lowest BCUT2D eigenvalue weighted by molar-refractivity contribution is -0.140. The molecular weight excluding hydrogens is 301 g/mol. The Kier molecular flexibility index (Phi) is 5.44. The van der Waals surface area contributed by atoms with Crippen LogP contribution in [0.25, 0.3) is 0 Å². The maximum Gasteiger partial charge on any atom is 0.434 e. The van der Waals surface area contributed by atoms with E-state index in [1.807, 2.05) is 0 Å². The number of alkyl halides is 3. The number of rotatable bonds is 4. The van der Waals surface area contributed by atoms with Gasteiger partial charge in [-0.05, 0) is 12.8 Å².